The first-order valence-electron chi connectivity index (χ1n) is 9.41. The third-order valence-corrected chi connectivity index (χ3v) is 4.81. The molecule has 4 aromatic rings. The summed E-state index contributed by atoms with van der Waals surface area (Å²) in [4.78, 5) is 23.3. The number of H-pyrrole nitrogens is 1. The number of fused-ring (bicyclic) bond motifs is 1. The summed E-state index contributed by atoms with van der Waals surface area (Å²) in [5.41, 5.74) is 3.25. The molecule has 0 spiro atoms. The van der Waals surface area contributed by atoms with Crippen molar-refractivity contribution in [1.29, 1.82) is 0 Å². The van der Waals surface area contributed by atoms with E-state index < -0.39 is 5.97 Å². The highest BCUT2D eigenvalue weighted by Gasteiger charge is 2.15. The minimum atomic E-state index is -1.02. The normalized spacial score (nSPS) is 11.4. The van der Waals surface area contributed by atoms with Crippen molar-refractivity contribution in [2.45, 2.75) is 27.3 Å². The van der Waals surface area contributed by atoms with E-state index in [0.717, 1.165) is 12.1 Å². The molecule has 3 aromatic heterocycles. The molecule has 0 unspecified atom stereocenters. The van der Waals surface area contributed by atoms with Crippen LogP contribution in [0.4, 0.5) is 0 Å². The zero-order valence-electron chi connectivity index (χ0n) is 16.7. The Labute approximate surface area is 177 Å². The Morgan fingerprint density at radius 2 is 2.10 bits per heavy atom. The lowest BCUT2D eigenvalue weighted by Gasteiger charge is -2.05. The molecule has 0 atom stereocenters. The number of ether oxygens (including phenoxy) is 1. The number of nitrogens with zero attached hydrogens (tertiary/aromatic N) is 4. The molecule has 0 radical (unpaired) electrons. The van der Waals surface area contributed by atoms with Crippen LogP contribution in [0.5, 0.6) is 11.8 Å². The van der Waals surface area contributed by atoms with Gasteiger partial charge in [-0.1, -0.05) is 31.5 Å². The second-order valence-corrected chi connectivity index (χ2v) is 7.87. The first-order chi connectivity index (χ1) is 14.3. The number of carboxylic acid groups (broad SMARTS) is 1. The summed E-state index contributed by atoms with van der Waals surface area (Å²) in [5, 5.41) is 14.1. The molecule has 0 fully saturated rings. The number of benzene rings is 1. The fourth-order valence-electron chi connectivity index (χ4n) is 3.11. The summed E-state index contributed by atoms with van der Waals surface area (Å²) in [7, 11) is 0. The molecule has 1 aromatic carbocycles. The fraction of sp³-hybridized carbons (Fsp3) is 0.238. The summed E-state index contributed by atoms with van der Waals surface area (Å²) in [6, 6.07) is 6.76. The topological polar surface area (TPSA) is 106 Å². The predicted molar refractivity (Wildman–Crippen MR) is 113 cm³/mol. The van der Waals surface area contributed by atoms with E-state index in [1.165, 1.54) is 6.07 Å². The highest BCUT2D eigenvalue weighted by Crippen LogP contribution is 2.30. The molecule has 30 heavy (non-hydrogen) atoms. The van der Waals surface area contributed by atoms with E-state index in [2.05, 4.69) is 33.9 Å². The minimum Gasteiger partial charge on any atom is -0.478 e. The highest BCUT2D eigenvalue weighted by atomic mass is 35.5. The van der Waals surface area contributed by atoms with E-state index in [0.29, 0.717) is 39.1 Å². The molecule has 0 amide bonds. The summed E-state index contributed by atoms with van der Waals surface area (Å²) in [5.74, 6) is -0.185. The van der Waals surface area contributed by atoms with Crippen molar-refractivity contribution < 1.29 is 14.6 Å². The lowest BCUT2D eigenvalue weighted by atomic mass is 10.1. The zero-order valence-corrected chi connectivity index (χ0v) is 17.4. The van der Waals surface area contributed by atoms with Gasteiger partial charge in [0.25, 0.3) is 0 Å². The number of rotatable bonds is 6. The van der Waals surface area contributed by atoms with Crippen molar-refractivity contribution in [2.75, 3.05) is 0 Å². The molecular weight excluding hydrogens is 406 g/mol. The molecule has 0 bridgehead atoms. The van der Waals surface area contributed by atoms with Crippen LogP contribution in [0.25, 0.3) is 22.4 Å². The average Bonchev–Trinajstić information content (AvgIpc) is 3.27. The summed E-state index contributed by atoms with van der Waals surface area (Å²) >= 11 is 6.44. The Hall–Kier alpha value is -3.39. The number of aromatic carboxylic acids is 1. The van der Waals surface area contributed by atoms with Crippen molar-refractivity contribution in [3.05, 3.63) is 52.8 Å². The van der Waals surface area contributed by atoms with Gasteiger partial charge in [0.1, 0.15) is 5.75 Å². The van der Waals surface area contributed by atoms with Crippen molar-refractivity contribution in [3.63, 3.8) is 0 Å². The minimum absolute atomic E-state index is 0.172. The number of pyridine rings is 1. The molecule has 3 heterocycles. The van der Waals surface area contributed by atoms with Gasteiger partial charge in [-0.05, 0) is 36.6 Å². The van der Waals surface area contributed by atoms with Crippen LogP contribution < -0.4 is 4.74 Å². The van der Waals surface area contributed by atoms with Crippen LogP contribution >= 0.6 is 11.6 Å². The summed E-state index contributed by atoms with van der Waals surface area (Å²) in [6.07, 6.45) is 3.63. The molecule has 9 heteroatoms. The van der Waals surface area contributed by atoms with Crippen molar-refractivity contribution in [1.82, 2.24) is 24.7 Å². The monoisotopic (exact) mass is 425 g/mol. The van der Waals surface area contributed by atoms with Gasteiger partial charge < -0.3 is 14.8 Å². The third kappa shape index (κ3) is 3.99. The Morgan fingerprint density at radius 3 is 2.83 bits per heavy atom. The first-order valence-corrected chi connectivity index (χ1v) is 9.79. The Kier molecular flexibility index (Phi) is 5.17. The third-order valence-electron chi connectivity index (χ3n) is 4.52. The maximum absolute atomic E-state index is 11.3. The van der Waals surface area contributed by atoms with Crippen molar-refractivity contribution in [3.8, 4) is 23.0 Å². The predicted octanol–water partition coefficient (Wildman–Crippen LogP) is 4.93. The molecule has 4 rings (SSSR count). The van der Waals surface area contributed by atoms with Gasteiger partial charge in [-0.3, -0.25) is 4.68 Å². The zero-order chi connectivity index (χ0) is 21.4. The number of hydrogen-bond donors (Lipinski definition) is 2. The molecule has 2 N–H and O–H groups in total. The maximum atomic E-state index is 11.3. The Morgan fingerprint density at radius 1 is 1.30 bits per heavy atom. The lowest BCUT2D eigenvalue weighted by Crippen LogP contribution is -2.04. The first kappa shape index (κ1) is 19.9. The number of hydrogen-bond acceptors (Lipinski definition) is 5. The van der Waals surface area contributed by atoms with Gasteiger partial charge >= 0.3 is 12.0 Å². The number of halogens is 1. The SMILES string of the molecule is Cc1ccc(Oc2nc3nc(-c4cnn(CC(C)C)c4)c(Cl)cc3[nH]2)cc1C(=O)O. The van der Waals surface area contributed by atoms with E-state index in [4.69, 9.17) is 16.3 Å². The number of aromatic amines is 1. The highest BCUT2D eigenvalue weighted by molar-refractivity contribution is 6.33. The van der Waals surface area contributed by atoms with Gasteiger partial charge in [0, 0.05) is 18.3 Å². The largest absolute Gasteiger partial charge is 0.478 e. The summed E-state index contributed by atoms with van der Waals surface area (Å²) < 4.78 is 7.57. The standard InChI is InChI=1S/C21H20ClN5O3/c1-11(2)9-27-10-13(8-23-27)18-16(22)7-17-19(25-18)26-21(24-17)30-14-5-4-12(3)15(6-14)20(28)29/h4-8,10-11H,9H2,1-3H3,(H,28,29)(H,24,25,26). The quantitative estimate of drug-likeness (QED) is 0.453. The van der Waals surface area contributed by atoms with Gasteiger partial charge in [-0.15, -0.1) is 0 Å². The van der Waals surface area contributed by atoms with Gasteiger partial charge in [0.05, 0.1) is 28.0 Å². The number of carbonyl (C=O) groups is 1. The number of aryl methyl sites for hydroxylation is 1. The second kappa shape index (κ2) is 7.79. The van der Waals surface area contributed by atoms with Gasteiger partial charge in [-0.2, -0.15) is 10.1 Å². The second-order valence-electron chi connectivity index (χ2n) is 7.46. The Balaban J connectivity index is 1.64. The number of carboxylic acids is 1. The van der Waals surface area contributed by atoms with E-state index in [-0.39, 0.29) is 11.6 Å². The van der Waals surface area contributed by atoms with E-state index in [9.17, 15) is 9.90 Å². The number of nitrogens with one attached hydrogen (secondary N) is 1. The van der Waals surface area contributed by atoms with Crippen LogP contribution in [-0.4, -0.2) is 35.8 Å². The maximum Gasteiger partial charge on any atom is 0.336 e. The van der Waals surface area contributed by atoms with Crippen LogP contribution in [0.3, 0.4) is 0 Å². The van der Waals surface area contributed by atoms with Gasteiger partial charge in [0.2, 0.25) is 0 Å². The molecular formula is C21H20ClN5O3. The number of aromatic nitrogens is 5. The van der Waals surface area contributed by atoms with Gasteiger partial charge in [-0.25, -0.2) is 9.78 Å². The number of imidazole rings is 1. The van der Waals surface area contributed by atoms with Crippen LogP contribution in [-0.2, 0) is 6.54 Å². The molecule has 154 valence electrons. The average molecular weight is 426 g/mol. The molecule has 0 saturated carbocycles. The van der Waals surface area contributed by atoms with Crippen LogP contribution in [0, 0.1) is 12.8 Å². The fourth-order valence-corrected chi connectivity index (χ4v) is 3.37. The summed E-state index contributed by atoms with van der Waals surface area (Å²) in [6.45, 7) is 6.77. The molecule has 0 aliphatic carbocycles. The van der Waals surface area contributed by atoms with Crippen molar-refractivity contribution >= 4 is 28.7 Å². The molecule has 0 aliphatic rings. The van der Waals surface area contributed by atoms with E-state index in [1.54, 1.807) is 31.3 Å². The van der Waals surface area contributed by atoms with E-state index >= 15 is 0 Å². The van der Waals surface area contributed by atoms with Crippen LogP contribution in [0.2, 0.25) is 5.02 Å². The smallest absolute Gasteiger partial charge is 0.336 e. The van der Waals surface area contributed by atoms with Crippen molar-refractivity contribution in [2.24, 2.45) is 5.92 Å². The Bertz CT molecular complexity index is 1240. The molecule has 8 nitrogen and oxygen atoms in total. The molecule has 0 aliphatic heterocycles. The van der Waals surface area contributed by atoms with Gasteiger partial charge in [0.15, 0.2) is 5.65 Å². The lowest BCUT2D eigenvalue weighted by molar-refractivity contribution is 0.0695. The molecule has 0 saturated heterocycles. The van der Waals surface area contributed by atoms with Crippen LogP contribution in [0.1, 0.15) is 29.8 Å². The van der Waals surface area contributed by atoms with E-state index in [1.807, 2.05) is 10.9 Å². The van der Waals surface area contributed by atoms with Crippen LogP contribution in [0.15, 0.2) is 36.7 Å².